The highest BCUT2D eigenvalue weighted by Gasteiger charge is 2.34. The zero-order chi connectivity index (χ0) is 13.4. The number of benzene rings is 1. The van der Waals surface area contributed by atoms with Crippen molar-refractivity contribution in [3.63, 3.8) is 0 Å². The van der Waals surface area contributed by atoms with E-state index in [0.29, 0.717) is 24.2 Å². The summed E-state index contributed by atoms with van der Waals surface area (Å²) in [5.74, 6) is 2.69. The highest BCUT2D eigenvalue weighted by Crippen LogP contribution is 2.48. The van der Waals surface area contributed by atoms with E-state index in [2.05, 4.69) is 6.92 Å². The number of fused-ring (bicyclic) bond motifs is 1. The predicted molar refractivity (Wildman–Crippen MR) is 77.5 cm³/mol. The lowest BCUT2D eigenvalue weighted by molar-refractivity contribution is 0.297. The van der Waals surface area contributed by atoms with E-state index in [9.17, 15) is 0 Å². The maximum absolute atomic E-state index is 6.60. The SMILES string of the molecule is CC(C1CC1)C(Cl)c1cc2c(cc1Cl)OCCCO2. The Hall–Kier alpha value is -0.600. The van der Waals surface area contributed by atoms with Gasteiger partial charge in [-0.05, 0) is 36.3 Å². The summed E-state index contributed by atoms with van der Waals surface area (Å²) in [7, 11) is 0. The molecule has 0 N–H and O–H groups in total. The van der Waals surface area contributed by atoms with Crippen LogP contribution in [0, 0.1) is 11.8 Å². The highest BCUT2D eigenvalue weighted by atomic mass is 35.5. The van der Waals surface area contributed by atoms with Gasteiger partial charge in [0.25, 0.3) is 0 Å². The van der Waals surface area contributed by atoms with Gasteiger partial charge in [-0.25, -0.2) is 0 Å². The Labute approximate surface area is 124 Å². The van der Waals surface area contributed by atoms with Crippen LogP contribution in [0.2, 0.25) is 5.02 Å². The first kappa shape index (κ1) is 13.4. The second-order valence-electron chi connectivity index (χ2n) is 5.47. The third kappa shape index (κ3) is 2.80. The molecule has 1 aliphatic heterocycles. The van der Waals surface area contributed by atoms with Crippen LogP contribution < -0.4 is 9.47 Å². The van der Waals surface area contributed by atoms with E-state index in [1.165, 1.54) is 12.8 Å². The molecule has 0 aromatic heterocycles. The molecule has 1 aliphatic carbocycles. The van der Waals surface area contributed by atoms with Crippen LogP contribution in [0.4, 0.5) is 0 Å². The van der Waals surface area contributed by atoms with Crippen LogP contribution in [0.3, 0.4) is 0 Å². The standard InChI is InChI=1S/C15H18Cl2O2/c1-9(10-3-4-10)15(17)11-7-13-14(8-12(11)16)19-6-2-5-18-13/h7-10,15H,2-6H2,1H3. The molecule has 19 heavy (non-hydrogen) atoms. The van der Waals surface area contributed by atoms with Crippen molar-refractivity contribution in [2.24, 2.45) is 11.8 Å². The van der Waals surface area contributed by atoms with Gasteiger partial charge in [0.2, 0.25) is 0 Å². The Bertz CT molecular complexity index is 471. The fourth-order valence-corrected chi connectivity index (χ4v) is 3.27. The van der Waals surface area contributed by atoms with Gasteiger partial charge in [-0.2, -0.15) is 0 Å². The van der Waals surface area contributed by atoms with Crippen molar-refractivity contribution in [2.75, 3.05) is 13.2 Å². The molecule has 2 atom stereocenters. The molecule has 1 heterocycles. The Balaban J connectivity index is 1.90. The molecule has 0 spiro atoms. The van der Waals surface area contributed by atoms with Gasteiger partial charge >= 0.3 is 0 Å². The molecule has 0 amide bonds. The Morgan fingerprint density at radius 3 is 2.42 bits per heavy atom. The molecule has 104 valence electrons. The summed E-state index contributed by atoms with van der Waals surface area (Å²) in [6.07, 6.45) is 3.46. The van der Waals surface area contributed by atoms with Gasteiger partial charge < -0.3 is 9.47 Å². The first-order valence-electron chi connectivity index (χ1n) is 6.90. The topological polar surface area (TPSA) is 18.5 Å². The Kier molecular flexibility index (Phi) is 3.81. The minimum atomic E-state index is -0.0582. The van der Waals surface area contributed by atoms with Crippen molar-refractivity contribution in [1.29, 1.82) is 0 Å². The molecule has 0 bridgehead atoms. The Morgan fingerprint density at radius 2 is 1.79 bits per heavy atom. The fraction of sp³-hybridized carbons (Fsp3) is 0.600. The van der Waals surface area contributed by atoms with E-state index in [-0.39, 0.29) is 5.38 Å². The van der Waals surface area contributed by atoms with Crippen LogP contribution in [-0.2, 0) is 0 Å². The number of hydrogen-bond donors (Lipinski definition) is 0. The molecule has 1 saturated carbocycles. The number of ether oxygens (including phenoxy) is 2. The van der Waals surface area contributed by atoms with E-state index in [1.807, 2.05) is 12.1 Å². The van der Waals surface area contributed by atoms with Crippen LogP contribution in [0.1, 0.15) is 37.1 Å². The summed E-state index contributed by atoms with van der Waals surface area (Å²) in [6, 6.07) is 3.80. The smallest absolute Gasteiger partial charge is 0.162 e. The zero-order valence-electron chi connectivity index (χ0n) is 11.0. The maximum Gasteiger partial charge on any atom is 0.162 e. The summed E-state index contributed by atoms with van der Waals surface area (Å²) < 4.78 is 11.3. The van der Waals surface area contributed by atoms with Crippen LogP contribution in [0.25, 0.3) is 0 Å². The molecule has 2 unspecified atom stereocenters. The van der Waals surface area contributed by atoms with Crippen molar-refractivity contribution < 1.29 is 9.47 Å². The zero-order valence-corrected chi connectivity index (χ0v) is 12.5. The van der Waals surface area contributed by atoms with Gasteiger partial charge in [0.15, 0.2) is 11.5 Å². The monoisotopic (exact) mass is 300 g/mol. The van der Waals surface area contributed by atoms with Gasteiger partial charge in [0.05, 0.1) is 18.6 Å². The number of rotatable bonds is 3. The van der Waals surface area contributed by atoms with Gasteiger partial charge in [-0.1, -0.05) is 18.5 Å². The van der Waals surface area contributed by atoms with Crippen molar-refractivity contribution in [1.82, 2.24) is 0 Å². The van der Waals surface area contributed by atoms with Crippen molar-refractivity contribution in [3.05, 3.63) is 22.7 Å². The summed E-state index contributed by atoms with van der Waals surface area (Å²) in [5, 5.41) is 0.619. The first-order chi connectivity index (χ1) is 9.16. The van der Waals surface area contributed by atoms with Crippen LogP contribution >= 0.6 is 23.2 Å². The van der Waals surface area contributed by atoms with Gasteiger partial charge in [0, 0.05) is 17.5 Å². The number of halogens is 2. The van der Waals surface area contributed by atoms with E-state index in [1.54, 1.807) is 0 Å². The number of alkyl halides is 1. The summed E-state index contributed by atoms with van der Waals surface area (Å²) >= 11 is 13.0. The van der Waals surface area contributed by atoms with Crippen molar-refractivity contribution in [2.45, 2.75) is 31.6 Å². The molecule has 1 aromatic rings. The molecular formula is C15H18Cl2O2. The molecule has 1 fully saturated rings. The van der Waals surface area contributed by atoms with E-state index in [4.69, 9.17) is 32.7 Å². The lowest BCUT2D eigenvalue weighted by atomic mass is 9.95. The molecule has 3 rings (SSSR count). The van der Waals surface area contributed by atoms with E-state index < -0.39 is 0 Å². The minimum absolute atomic E-state index is 0.0582. The van der Waals surface area contributed by atoms with Crippen molar-refractivity contribution in [3.8, 4) is 11.5 Å². The molecule has 0 saturated heterocycles. The minimum Gasteiger partial charge on any atom is -0.490 e. The lowest BCUT2D eigenvalue weighted by Gasteiger charge is -2.20. The molecule has 0 radical (unpaired) electrons. The third-order valence-electron chi connectivity index (χ3n) is 3.99. The third-order valence-corrected chi connectivity index (χ3v) is 4.95. The van der Waals surface area contributed by atoms with E-state index in [0.717, 1.165) is 29.4 Å². The second-order valence-corrected chi connectivity index (χ2v) is 6.35. The van der Waals surface area contributed by atoms with Gasteiger partial charge in [-0.15, -0.1) is 11.6 Å². The number of hydrogen-bond acceptors (Lipinski definition) is 2. The predicted octanol–water partition coefficient (Wildman–Crippen LogP) is 4.83. The fourth-order valence-electron chi connectivity index (χ4n) is 2.56. The van der Waals surface area contributed by atoms with Crippen LogP contribution in [0.15, 0.2) is 12.1 Å². The summed E-state index contributed by atoms with van der Waals surface area (Å²) in [6.45, 7) is 3.55. The summed E-state index contributed by atoms with van der Waals surface area (Å²) in [5.41, 5.74) is 0.965. The molecule has 1 aromatic carbocycles. The lowest BCUT2D eigenvalue weighted by Crippen LogP contribution is -2.07. The highest BCUT2D eigenvalue weighted by molar-refractivity contribution is 6.33. The Morgan fingerprint density at radius 1 is 1.16 bits per heavy atom. The normalized spacial score (nSPS) is 21.6. The first-order valence-corrected chi connectivity index (χ1v) is 7.71. The quantitative estimate of drug-likeness (QED) is 0.745. The largest absolute Gasteiger partial charge is 0.490 e. The molecule has 4 heteroatoms. The maximum atomic E-state index is 6.60. The van der Waals surface area contributed by atoms with Gasteiger partial charge in [0.1, 0.15) is 0 Å². The average molecular weight is 301 g/mol. The molecule has 2 nitrogen and oxygen atoms in total. The summed E-state index contributed by atoms with van der Waals surface area (Å²) in [4.78, 5) is 0. The molecular weight excluding hydrogens is 283 g/mol. The van der Waals surface area contributed by atoms with Gasteiger partial charge in [-0.3, -0.25) is 0 Å². The van der Waals surface area contributed by atoms with Crippen LogP contribution in [-0.4, -0.2) is 13.2 Å². The molecule has 2 aliphatic rings. The van der Waals surface area contributed by atoms with Crippen LogP contribution in [0.5, 0.6) is 11.5 Å². The second kappa shape index (κ2) is 5.41. The van der Waals surface area contributed by atoms with Crippen molar-refractivity contribution >= 4 is 23.2 Å². The van der Waals surface area contributed by atoms with E-state index >= 15 is 0 Å². The average Bonchev–Trinajstić information content (AvgIpc) is 3.23.